The van der Waals surface area contributed by atoms with E-state index in [2.05, 4.69) is 44.5 Å². The monoisotopic (exact) mass is 330 g/mol. The SMILES string of the molecule is C=Cc1cc(C)cc(OC)c1C=C(Br)Br. The third kappa shape index (κ3) is 3.21. The smallest absolute Gasteiger partial charge is 0.127 e. The van der Waals surface area contributed by atoms with E-state index in [4.69, 9.17) is 4.74 Å². The highest BCUT2D eigenvalue weighted by atomic mass is 79.9. The number of benzene rings is 1. The van der Waals surface area contributed by atoms with Crippen LogP contribution in [-0.2, 0) is 0 Å². The van der Waals surface area contributed by atoms with Gasteiger partial charge in [-0.2, -0.15) is 0 Å². The zero-order valence-electron chi connectivity index (χ0n) is 8.68. The summed E-state index contributed by atoms with van der Waals surface area (Å²) in [6.07, 6.45) is 3.78. The van der Waals surface area contributed by atoms with E-state index in [1.807, 2.05) is 25.1 Å². The second-order valence-corrected chi connectivity index (χ2v) is 5.88. The zero-order chi connectivity index (χ0) is 11.4. The fourth-order valence-corrected chi connectivity index (χ4v) is 1.85. The van der Waals surface area contributed by atoms with Crippen molar-refractivity contribution in [1.29, 1.82) is 0 Å². The van der Waals surface area contributed by atoms with Crippen LogP contribution in [0.25, 0.3) is 12.2 Å². The first kappa shape index (κ1) is 12.5. The van der Waals surface area contributed by atoms with Crippen molar-refractivity contribution in [2.75, 3.05) is 7.11 Å². The van der Waals surface area contributed by atoms with E-state index in [-0.39, 0.29) is 0 Å². The molecule has 80 valence electrons. The van der Waals surface area contributed by atoms with Crippen LogP contribution in [0.4, 0.5) is 0 Å². The van der Waals surface area contributed by atoms with Gasteiger partial charge in [-0.3, -0.25) is 0 Å². The van der Waals surface area contributed by atoms with E-state index in [1.54, 1.807) is 7.11 Å². The molecular formula is C12H12Br2O. The Morgan fingerprint density at radius 1 is 1.40 bits per heavy atom. The van der Waals surface area contributed by atoms with Crippen molar-refractivity contribution >= 4 is 44.0 Å². The Morgan fingerprint density at radius 2 is 2.07 bits per heavy atom. The number of aryl methyl sites for hydroxylation is 1. The van der Waals surface area contributed by atoms with Crippen LogP contribution in [0.15, 0.2) is 22.1 Å². The first-order chi connectivity index (χ1) is 7.08. The van der Waals surface area contributed by atoms with E-state index in [0.717, 1.165) is 25.8 Å². The van der Waals surface area contributed by atoms with Gasteiger partial charge in [0.15, 0.2) is 0 Å². The van der Waals surface area contributed by atoms with Crippen LogP contribution in [0, 0.1) is 6.92 Å². The molecule has 0 unspecified atom stereocenters. The molecule has 1 rings (SSSR count). The van der Waals surface area contributed by atoms with Gasteiger partial charge in [0, 0.05) is 5.56 Å². The topological polar surface area (TPSA) is 9.23 Å². The van der Waals surface area contributed by atoms with Crippen LogP contribution in [0.1, 0.15) is 16.7 Å². The largest absolute Gasteiger partial charge is 0.496 e. The van der Waals surface area contributed by atoms with Gasteiger partial charge in [-0.05, 0) is 62.1 Å². The molecule has 0 saturated carbocycles. The van der Waals surface area contributed by atoms with Gasteiger partial charge in [0.1, 0.15) is 5.75 Å². The second kappa shape index (κ2) is 5.52. The van der Waals surface area contributed by atoms with Crippen LogP contribution in [0.3, 0.4) is 0 Å². The molecule has 0 saturated heterocycles. The number of methoxy groups -OCH3 is 1. The molecule has 0 aliphatic rings. The normalized spacial score (nSPS) is 9.60. The molecule has 0 aliphatic carbocycles. The highest BCUT2D eigenvalue weighted by Crippen LogP contribution is 2.30. The molecule has 3 heteroatoms. The first-order valence-corrected chi connectivity index (χ1v) is 6.01. The number of rotatable bonds is 3. The third-order valence-corrected chi connectivity index (χ3v) is 2.47. The lowest BCUT2D eigenvalue weighted by Gasteiger charge is -2.10. The predicted molar refractivity (Wildman–Crippen MR) is 73.7 cm³/mol. The number of hydrogen-bond donors (Lipinski definition) is 0. The van der Waals surface area contributed by atoms with Crippen molar-refractivity contribution < 1.29 is 4.74 Å². The lowest BCUT2D eigenvalue weighted by molar-refractivity contribution is 0.413. The van der Waals surface area contributed by atoms with E-state index in [1.165, 1.54) is 0 Å². The predicted octanol–water partition coefficient (Wildman–Crippen LogP) is 4.73. The van der Waals surface area contributed by atoms with E-state index < -0.39 is 0 Å². The molecule has 0 fully saturated rings. The van der Waals surface area contributed by atoms with E-state index in [9.17, 15) is 0 Å². The van der Waals surface area contributed by atoms with Crippen molar-refractivity contribution in [3.8, 4) is 5.75 Å². The van der Waals surface area contributed by atoms with Gasteiger partial charge in [-0.1, -0.05) is 18.7 Å². The maximum Gasteiger partial charge on any atom is 0.127 e. The Labute approximate surface area is 107 Å². The Kier molecular flexibility index (Phi) is 4.61. The minimum absolute atomic E-state index is 0.848. The molecular weight excluding hydrogens is 320 g/mol. The summed E-state index contributed by atoms with van der Waals surface area (Å²) in [5.41, 5.74) is 3.23. The molecule has 15 heavy (non-hydrogen) atoms. The quantitative estimate of drug-likeness (QED) is 0.777. The van der Waals surface area contributed by atoms with Gasteiger partial charge in [0.2, 0.25) is 0 Å². The Bertz CT molecular complexity index is 404. The van der Waals surface area contributed by atoms with Crippen LogP contribution in [0.2, 0.25) is 0 Å². The fourth-order valence-electron chi connectivity index (χ4n) is 1.39. The van der Waals surface area contributed by atoms with Crippen molar-refractivity contribution in [3.05, 3.63) is 38.8 Å². The van der Waals surface area contributed by atoms with Crippen LogP contribution in [-0.4, -0.2) is 7.11 Å². The maximum atomic E-state index is 5.34. The highest BCUT2D eigenvalue weighted by molar-refractivity contribution is 9.28. The summed E-state index contributed by atoms with van der Waals surface area (Å²) >= 11 is 6.69. The summed E-state index contributed by atoms with van der Waals surface area (Å²) in [6.45, 7) is 5.83. The van der Waals surface area contributed by atoms with E-state index in [0.29, 0.717) is 0 Å². The first-order valence-electron chi connectivity index (χ1n) is 4.42. The minimum Gasteiger partial charge on any atom is -0.496 e. The Morgan fingerprint density at radius 3 is 2.53 bits per heavy atom. The maximum absolute atomic E-state index is 5.34. The fraction of sp³-hybridized carbons (Fsp3) is 0.167. The van der Waals surface area contributed by atoms with Gasteiger partial charge in [-0.15, -0.1) is 0 Å². The molecule has 0 atom stereocenters. The minimum atomic E-state index is 0.848. The van der Waals surface area contributed by atoms with Crippen LogP contribution >= 0.6 is 31.9 Å². The van der Waals surface area contributed by atoms with Gasteiger partial charge in [-0.25, -0.2) is 0 Å². The average molecular weight is 332 g/mol. The molecule has 0 amide bonds. The number of halogens is 2. The average Bonchev–Trinajstić information content (AvgIpc) is 2.19. The van der Waals surface area contributed by atoms with Crippen molar-refractivity contribution in [3.63, 3.8) is 0 Å². The van der Waals surface area contributed by atoms with Crippen LogP contribution in [0.5, 0.6) is 5.75 Å². The molecule has 0 heterocycles. The number of ether oxygens (including phenoxy) is 1. The highest BCUT2D eigenvalue weighted by Gasteiger charge is 2.06. The molecule has 0 bridgehead atoms. The van der Waals surface area contributed by atoms with Gasteiger partial charge in [0.25, 0.3) is 0 Å². The van der Waals surface area contributed by atoms with Gasteiger partial charge >= 0.3 is 0 Å². The lowest BCUT2D eigenvalue weighted by atomic mass is 10.0. The summed E-state index contributed by atoms with van der Waals surface area (Å²) in [4.78, 5) is 0. The molecule has 1 nitrogen and oxygen atoms in total. The van der Waals surface area contributed by atoms with Crippen molar-refractivity contribution in [1.82, 2.24) is 0 Å². The van der Waals surface area contributed by atoms with Gasteiger partial charge < -0.3 is 4.74 Å². The lowest BCUT2D eigenvalue weighted by Crippen LogP contribution is -1.91. The third-order valence-electron chi connectivity index (χ3n) is 2.01. The van der Waals surface area contributed by atoms with E-state index >= 15 is 0 Å². The summed E-state index contributed by atoms with van der Waals surface area (Å²) in [6, 6.07) is 4.08. The summed E-state index contributed by atoms with van der Waals surface area (Å²) < 4.78 is 6.21. The molecule has 0 spiro atoms. The zero-order valence-corrected chi connectivity index (χ0v) is 11.9. The van der Waals surface area contributed by atoms with Crippen molar-refractivity contribution in [2.24, 2.45) is 0 Å². The second-order valence-electron chi connectivity index (χ2n) is 3.11. The summed E-state index contributed by atoms with van der Waals surface area (Å²) in [5.74, 6) is 0.848. The van der Waals surface area contributed by atoms with Crippen LogP contribution < -0.4 is 4.74 Å². The van der Waals surface area contributed by atoms with Crippen molar-refractivity contribution in [2.45, 2.75) is 6.92 Å². The molecule has 0 aliphatic heterocycles. The molecule has 0 N–H and O–H groups in total. The molecule has 1 aromatic rings. The summed E-state index contributed by atoms with van der Waals surface area (Å²) in [7, 11) is 1.67. The Balaban J connectivity index is 3.43. The Hall–Kier alpha value is -0.540. The molecule has 0 radical (unpaired) electrons. The number of hydrogen-bond acceptors (Lipinski definition) is 1. The van der Waals surface area contributed by atoms with Gasteiger partial charge in [0.05, 0.1) is 10.5 Å². The summed E-state index contributed by atoms with van der Waals surface area (Å²) in [5, 5.41) is 0. The standard InChI is InChI=1S/C12H12Br2O/c1-4-9-5-8(2)6-11(15-3)10(9)7-12(13)14/h4-7H,1H2,2-3H3. The molecule has 1 aromatic carbocycles. The molecule has 0 aromatic heterocycles.